The van der Waals surface area contributed by atoms with Gasteiger partial charge in [-0.15, -0.1) is 0 Å². The van der Waals surface area contributed by atoms with E-state index in [4.69, 9.17) is 23.2 Å². The van der Waals surface area contributed by atoms with Gasteiger partial charge in [-0.2, -0.15) is 0 Å². The third-order valence-corrected chi connectivity index (χ3v) is 6.53. The fraction of sp³-hybridized carbons (Fsp3) is 0.381. The summed E-state index contributed by atoms with van der Waals surface area (Å²) in [6, 6.07) is 9.73. The lowest BCUT2D eigenvalue weighted by Gasteiger charge is -2.29. The first-order valence-electron chi connectivity index (χ1n) is 9.41. The topological polar surface area (TPSA) is 66.5 Å². The molecule has 1 amide bonds. The van der Waals surface area contributed by atoms with Crippen LogP contribution in [0, 0.1) is 0 Å². The molecule has 29 heavy (non-hydrogen) atoms. The van der Waals surface area contributed by atoms with Crippen molar-refractivity contribution < 1.29 is 13.2 Å². The van der Waals surface area contributed by atoms with Crippen LogP contribution in [0.5, 0.6) is 0 Å². The van der Waals surface area contributed by atoms with Crippen molar-refractivity contribution in [2.24, 2.45) is 0 Å². The second-order valence-corrected chi connectivity index (χ2v) is 9.56. The first-order valence-corrected chi connectivity index (χ1v) is 12.0. The van der Waals surface area contributed by atoms with Crippen LogP contribution in [0.1, 0.15) is 37.5 Å². The van der Waals surface area contributed by atoms with E-state index in [1.807, 2.05) is 0 Å². The van der Waals surface area contributed by atoms with Crippen molar-refractivity contribution in [2.45, 2.75) is 46.2 Å². The summed E-state index contributed by atoms with van der Waals surface area (Å²) in [5.41, 5.74) is 3.53. The van der Waals surface area contributed by atoms with Gasteiger partial charge < -0.3 is 5.32 Å². The van der Waals surface area contributed by atoms with Crippen LogP contribution in [0.4, 0.5) is 5.69 Å². The summed E-state index contributed by atoms with van der Waals surface area (Å²) >= 11 is 12.2. The normalized spacial score (nSPS) is 12.5. The molecule has 0 aliphatic heterocycles. The number of rotatable bonds is 8. The van der Waals surface area contributed by atoms with Gasteiger partial charge in [0.25, 0.3) is 0 Å². The molecule has 0 unspecified atom stereocenters. The molecule has 0 fully saturated rings. The minimum absolute atomic E-state index is 0.173. The van der Waals surface area contributed by atoms with E-state index < -0.39 is 22.0 Å². The molecule has 0 radical (unpaired) electrons. The average molecular weight is 457 g/mol. The molecule has 8 heteroatoms. The van der Waals surface area contributed by atoms with Gasteiger partial charge in [0, 0.05) is 11.6 Å². The van der Waals surface area contributed by atoms with E-state index >= 15 is 0 Å². The molecule has 0 aliphatic rings. The number of sulfonamides is 1. The monoisotopic (exact) mass is 456 g/mol. The Morgan fingerprint density at radius 2 is 1.76 bits per heavy atom. The summed E-state index contributed by atoms with van der Waals surface area (Å²) in [4.78, 5) is 12.8. The standard InChI is InChI=1S/C21H26Cl2N2O3S/c1-5-15-7-8-16(6-2)17(11-15)13-24-21(26)14(3)25(29(4,27)28)20-12-18(22)9-10-19(20)23/h7-12,14H,5-6,13H2,1-4H3,(H,24,26)/t14-/m0/s1. The fourth-order valence-electron chi connectivity index (χ4n) is 3.17. The highest BCUT2D eigenvalue weighted by atomic mass is 35.5. The summed E-state index contributed by atoms with van der Waals surface area (Å²) in [6.07, 6.45) is 2.78. The maximum atomic E-state index is 12.8. The van der Waals surface area contributed by atoms with Crippen LogP contribution in [0.15, 0.2) is 36.4 Å². The van der Waals surface area contributed by atoms with E-state index in [1.54, 1.807) is 6.07 Å². The molecule has 0 spiro atoms. The van der Waals surface area contributed by atoms with Crippen molar-refractivity contribution in [1.29, 1.82) is 0 Å². The van der Waals surface area contributed by atoms with Crippen LogP contribution in [0.3, 0.4) is 0 Å². The Morgan fingerprint density at radius 1 is 1.07 bits per heavy atom. The molecule has 0 saturated carbocycles. The SMILES string of the molecule is CCc1ccc(CC)c(CNC(=O)[C@H](C)N(c2cc(Cl)ccc2Cl)S(C)(=O)=O)c1. The molecule has 1 N–H and O–H groups in total. The molecule has 2 rings (SSSR count). The Kier molecular flexibility index (Phi) is 7.97. The lowest BCUT2D eigenvalue weighted by molar-refractivity contribution is -0.122. The number of aryl methyl sites for hydroxylation is 2. The Morgan fingerprint density at radius 3 is 2.34 bits per heavy atom. The van der Waals surface area contributed by atoms with Gasteiger partial charge in [0.05, 0.1) is 17.0 Å². The minimum Gasteiger partial charge on any atom is -0.350 e. The maximum Gasteiger partial charge on any atom is 0.243 e. The number of nitrogens with zero attached hydrogens (tertiary/aromatic N) is 1. The molecule has 0 saturated heterocycles. The highest BCUT2D eigenvalue weighted by Gasteiger charge is 2.30. The second-order valence-electron chi connectivity index (χ2n) is 6.86. The van der Waals surface area contributed by atoms with Crippen molar-refractivity contribution >= 4 is 44.8 Å². The lowest BCUT2D eigenvalue weighted by Crippen LogP contribution is -2.47. The van der Waals surface area contributed by atoms with Crippen molar-refractivity contribution in [2.75, 3.05) is 10.6 Å². The van der Waals surface area contributed by atoms with E-state index in [1.165, 1.54) is 24.6 Å². The first-order chi connectivity index (χ1) is 13.6. The zero-order valence-electron chi connectivity index (χ0n) is 17.0. The first kappa shape index (κ1) is 23.5. The van der Waals surface area contributed by atoms with Gasteiger partial charge in [-0.1, -0.05) is 55.2 Å². The molecule has 2 aromatic carbocycles. The van der Waals surface area contributed by atoms with Gasteiger partial charge in [-0.3, -0.25) is 9.10 Å². The van der Waals surface area contributed by atoms with Gasteiger partial charge in [-0.25, -0.2) is 8.42 Å². The molecule has 1 atom stereocenters. The fourth-order valence-corrected chi connectivity index (χ4v) is 4.78. The van der Waals surface area contributed by atoms with Crippen molar-refractivity contribution in [3.8, 4) is 0 Å². The van der Waals surface area contributed by atoms with Crippen LogP contribution in [0.25, 0.3) is 0 Å². The molecule has 0 aromatic heterocycles. The van der Waals surface area contributed by atoms with E-state index in [0.29, 0.717) is 11.6 Å². The van der Waals surface area contributed by atoms with Gasteiger partial charge in [0.2, 0.25) is 15.9 Å². The van der Waals surface area contributed by atoms with E-state index in [-0.39, 0.29) is 10.7 Å². The molecule has 0 aliphatic carbocycles. The lowest BCUT2D eigenvalue weighted by atomic mass is 10.0. The zero-order chi connectivity index (χ0) is 21.8. The van der Waals surface area contributed by atoms with Crippen LogP contribution >= 0.6 is 23.2 Å². The highest BCUT2D eigenvalue weighted by Crippen LogP contribution is 2.32. The van der Waals surface area contributed by atoms with Crippen LogP contribution < -0.4 is 9.62 Å². The van der Waals surface area contributed by atoms with Crippen LogP contribution in [-0.4, -0.2) is 26.6 Å². The average Bonchev–Trinajstić information content (AvgIpc) is 2.67. The van der Waals surface area contributed by atoms with Gasteiger partial charge in [0.1, 0.15) is 6.04 Å². The number of anilines is 1. The number of carbonyl (C=O) groups is 1. The number of benzene rings is 2. The van der Waals surface area contributed by atoms with E-state index in [0.717, 1.165) is 34.5 Å². The molecule has 5 nitrogen and oxygen atoms in total. The van der Waals surface area contributed by atoms with E-state index in [9.17, 15) is 13.2 Å². The number of amides is 1. The molecule has 0 bridgehead atoms. The van der Waals surface area contributed by atoms with Gasteiger partial charge in [0.15, 0.2) is 0 Å². The van der Waals surface area contributed by atoms with Gasteiger partial charge in [-0.05, 0) is 54.7 Å². The van der Waals surface area contributed by atoms with Crippen LogP contribution in [-0.2, 0) is 34.2 Å². The van der Waals surface area contributed by atoms with Gasteiger partial charge >= 0.3 is 0 Å². The quantitative estimate of drug-likeness (QED) is 0.631. The molecular weight excluding hydrogens is 431 g/mol. The second kappa shape index (κ2) is 9.83. The summed E-state index contributed by atoms with van der Waals surface area (Å²) in [5.74, 6) is -0.421. The zero-order valence-corrected chi connectivity index (χ0v) is 19.3. The predicted octanol–water partition coefficient (Wildman–Crippen LogP) is 4.59. The molecule has 0 heterocycles. The smallest absolute Gasteiger partial charge is 0.243 e. The minimum atomic E-state index is -3.78. The number of carbonyl (C=O) groups excluding carboxylic acids is 1. The number of hydrogen-bond donors (Lipinski definition) is 1. The summed E-state index contributed by atoms with van der Waals surface area (Å²) < 4.78 is 25.9. The largest absolute Gasteiger partial charge is 0.350 e. The molecule has 2 aromatic rings. The summed E-state index contributed by atoms with van der Waals surface area (Å²) in [7, 11) is -3.78. The Labute approximate surface area is 183 Å². The predicted molar refractivity (Wildman–Crippen MR) is 120 cm³/mol. The molecule has 158 valence electrons. The Balaban J connectivity index is 2.28. The van der Waals surface area contributed by atoms with Crippen molar-refractivity contribution in [1.82, 2.24) is 5.32 Å². The number of nitrogens with one attached hydrogen (secondary N) is 1. The maximum absolute atomic E-state index is 12.8. The number of hydrogen-bond acceptors (Lipinski definition) is 3. The highest BCUT2D eigenvalue weighted by molar-refractivity contribution is 7.92. The third kappa shape index (κ3) is 5.87. The molecular formula is C21H26Cl2N2O3S. The van der Waals surface area contributed by atoms with Crippen molar-refractivity contribution in [3.05, 3.63) is 63.1 Å². The van der Waals surface area contributed by atoms with E-state index in [2.05, 4.69) is 37.4 Å². The number of halogens is 2. The van der Waals surface area contributed by atoms with Crippen LogP contribution in [0.2, 0.25) is 10.0 Å². The third-order valence-electron chi connectivity index (χ3n) is 4.75. The summed E-state index contributed by atoms with van der Waals surface area (Å²) in [5, 5.41) is 3.39. The summed E-state index contributed by atoms with van der Waals surface area (Å²) in [6.45, 7) is 5.98. The van der Waals surface area contributed by atoms with Crippen molar-refractivity contribution in [3.63, 3.8) is 0 Å². The Hall–Kier alpha value is -1.76. The Bertz CT molecular complexity index is 993.